The molecule has 5 N–H and O–H groups in total. The van der Waals surface area contributed by atoms with Crippen molar-refractivity contribution in [1.29, 1.82) is 0 Å². The third kappa shape index (κ3) is 2.95. The molecule has 1 atom stereocenters. The molecule has 0 spiro atoms. The normalized spacial score (nSPS) is 12.2. The van der Waals surface area contributed by atoms with E-state index >= 15 is 0 Å². The maximum atomic E-state index is 10.0. The van der Waals surface area contributed by atoms with E-state index in [-0.39, 0.29) is 41.4 Å². The predicted octanol–water partition coefficient (Wildman–Crippen LogP) is 2.18. The smallest absolute Gasteiger partial charge is 0.125 e. The van der Waals surface area contributed by atoms with Crippen LogP contribution in [0.4, 0.5) is 0 Å². The number of hydrogen-bond donors (Lipinski definition) is 5. The molecular formula is C15H16O5. The van der Waals surface area contributed by atoms with Crippen molar-refractivity contribution in [3.63, 3.8) is 0 Å². The number of hydrogen-bond acceptors (Lipinski definition) is 5. The van der Waals surface area contributed by atoms with Crippen LogP contribution < -0.4 is 0 Å². The van der Waals surface area contributed by atoms with Gasteiger partial charge in [0.15, 0.2) is 0 Å². The van der Waals surface area contributed by atoms with Crippen molar-refractivity contribution in [3.8, 4) is 23.0 Å². The minimum Gasteiger partial charge on any atom is -0.508 e. The quantitative estimate of drug-likeness (QED) is 0.551. The Morgan fingerprint density at radius 1 is 0.850 bits per heavy atom. The molecular weight excluding hydrogens is 260 g/mol. The van der Waals surface area contributed by atoms with E-state index in [2.05, 4.69) is 0 Å². The summed E-state index contributed by atoms with van der Waals surface area (Å²) in [7, 11) is 0. The monoisotopic (exact) mass is 276 g/mol. The topological polar surface area (TPSA) is 101 Å². The highest BCUT2D eigenvalue weighted by atomic mass is 16.3. The Labute approximate surface area is 116 Å². The molecule has 0 aromatic heterocycles. The molecule has 0 saturated carbocycles. The van der Waals surface area contributed by atoms with Crippen LogP contribution in [0.5, 0.6) is 23.0 Å². The highest BCUT2D eigenvalue weighted by Gasteiger charge is 2.17. The van der Waals surface area contributed by atoms with E-state index in [1.807, 2.05) is 0 Å². The Kier molecular flexibility index (Phi) is 4.00. The second-order valence-electron chi connectivity index (χ2n) is 4.58. The van der Waals surface area contributed by atoms with Crippen LogP contribution in [0.25, 0.3) is 0 Å². The molecule has 1 unspecified atom stereocenters. The van der Waals surface area contributed by atoms with E-state index in [0.29, 0.717) is 5.56 Å². The molecule has 0 bridgehead atoms. The maximum Gasteiger partial charge on any atom is 0.125 e. The summed E-state index contributed by atoms with van der Waals surface area (Å²) in [5.41, 5.74) is 0.547. The molecule has 0 fully saturated rings. The summed E-state index contributed by atoms with van der Waals surface area (Å²) in [6.07, 6.45) is -0.602. The number of benzene rings is 2. The Balaban J connectivity index is 2.13. The summed E-state index contributed by atoms with van der Waals surface area (Å²) in [5.74, 6) is -0.315. The van der Waals surface area contributed by atoms with Gasteiger partial charge in [0.1, 0.15) is 23.0 Å². The Morgan fingerprint density at radius 2 is 1.50 bits per heavy atom. The van der Waals surface area contributed by atoms with Crippen molar-refractivity contribution in [2.45, 2.75) is 18.9 Å². The summed E-state index contributed by atoms with van der Waals surface area (Å²) in [5, 5.41) is 48.3. The van der Waals surface area contributed by atoms with Crippen molar-refractivity contribution >= 4 is 0 Å². The van der Waals surface area contributed by atoms with Gasteiger partial charge in [-0.3, -0.25) is 0 Å². The molecule has 0 saturated heterocycles. The fourth-order valence-electron chi connectivity index (χ4n) is 2.09. The minimum absolute atomic E-state index is 0.0245. The van der Waals surface area contributed by atoms with Gasteiger partial charge in [0.2, 0.25) is 0 Å². The highest BCUT2D eigenvalue weighted by molar-refractivity contribution is 5.45. The number of aliphatic hydroxyl groups excluding tert-OH is 1. The van der Waals surface area contributed by atoms with E-state index in [1.54, 1.807) is 0 Å². The molecule has 0 heterocycles. The molecule has 106 valence electrons. The Bertz CT molecular complexity index is 589. The summed E-state index contributed by atoms with van der Waals surface area (Å²) in [6.45, 7) is 0. The molecule has 0 aliphatic rings. The highest BCUT2D eigenvalue weighted by Crippen LogP contribution is 2.35. The van der Waals surface area contributed by atoms with Crippen molar-refractivity contribution < 1.29 is 25.5 Å². The Hall–Kier alpha value is -2.40. The lowest BCUT2D eigenvalue weighted by Gasteiger charge is -2.14. The number of aliphatic hydroxyl groups is 1. The summed E-state index contributed by atoms with van der Waals surface area (Å²) in [6, 6.07) is 8.38. The minimum atomic E-state index is -1.07. The molecule has 2 rings (SSSR count). The van der Waals surface area contributed by atoms with Crippen LogP contribution in [-0.4, -0.2) is 25.5 Å². The number of rotatable bonds is 4. The third-order valence-corrected chi connectivity index (χ3v) is 3.14. The SMILES string of the molecule is Oc1ccc(O)c(CCC(O)c2c(O)cccc2O)c1. The predicted molar refractivity (Wildman–Crippen MR) is 72.8 cm³/mol. The van der Waals surface area contributed by atoms with Gasteiger partial charge in [-0.1, -0.05) is 6.07 Å². The van der Waals surface area contributed by atoms with Crippen molar-refractivity contribution in [3.05, 3.63) is 47.5 Å². The third-order valence-electron chi connectivity index (χ3n) is 3.14. The van der Waals surface area contributed by atoms with Crippen LogP contribution in [0.3, 0.4) is 0 Å². The molecule has 2 aromatic carbocycles. The van der Waals surface area contributed by atoms with Gasteiger partial charge in [-0.05, 0) is 48.7 Å². The van der Waals surface area contributed by atoms with E-state index in [9.17, 15) is 25.5 Å². The lowest BCUT2D eigenvalue weighted by molar-refractivity contribution is 0.160. The molecule has 20 heavy (non-hydrogen) atoms. The van der Waals surface area contributed by atoms with E-state index in [4.69, 9.17) is 0 Å². The van der Waals surface area contributed by atoms with E-state index in [0.717, 1.165) is 0 Å². The van der Waals surface area contributed by atoms with Gasteiger partial charge in [0.25, 0.3) is 0 Å². The van der Waals surface area contributed by atoms with Crippen LogP contribution in [0.15, 0.2) is 36.4 Å². The van der Waals surface area contributed by atoms with E-state index < -0.39 is 6.10 Å². The molecule has 5 heteroatoms. The lowest BCUT2D eigenvalue weighted by atomic mass is 9.99. The molecule has 2 aromatic rings. The summed E-state index contributed by atoms with van der Waals surface area (Å²) >= 11 is 0. The molecule has 0 radical (unpaired) electrons. The summed E-state index contributed by atoms with van der Waals surface area (Å²) < 4.78 is 0. The first kappa shape index (κ1) is 14.0. The lowest BCUT2D eigenvalue weighted by Crippen LogP contribution is -2.01. The van der Waals surface area contributed by atoms with Gasteiger partial charge in [-0.15, -0.1) is 0 Å². The van der Waals surface area contributed by atoms with Crippen molar-refractivity contribution in [2.24, 2.45) is 0 Å². The number of aromatic hydroxyl groups is 4. The molecule has 0 amide bonds. The molecule has 0 aliphatic heterocycles. The van der Waals surface area contributed by atoms with Gasteiger partial charge in [-0.25, -0.2) is 0 Å². The Morgan fingerprint density at radius 3 is 2.15 bits per heavy atom. The molecule has 5 nitrogen and oxygen atoms in total. The first-order chi connectivity index (χ1) is 9.49. The van der Waals surface area contributed by atoms with Crippen LogP contribution >= 0.6 is 0 Å². The van der Waals surface area contributed by atoms with Crippen LogP contribution in [0.1, 0.15) is 23.7 Å². The van der Waals surface area contributed by atoms with E-state index in [1.165, 1.54) is 36.4 Å². The average molecular weight is 276 g/mol. The van der Waals surface area contributed by atoms with Gasteiger partial charge >= 0.3 is 0 Å². The zero-order chi connectivity index (χ0) is 14.7. The zero-order valence-electron chi connectivity index (χ0n) is 10.7. The van der Waals surface area contributed by atoms with Gasteiger partial charge in [-0.2, -0.15) is 0 Å². The van der Waals surface area contributed by atoms with Crippen molar-refractivity contribution in [1.82, 2.24) is 0 Å². The average Bonchev–Trinajstić information content (AvgIpc) is 2.39. The van der Waals surface area contributed by atoms with Crippen LogP contribution in [-0.2, 0) is 6.42 Å². The maximum absolute atomic E-state index is 10.0. The summed E-state index contributed by atoms with van der Waals surface area (Å²) in [4.78, 5) is 0. The first-order valence-corrected chi connectivity index (χ1v) is 6.19. The number of phenols is 4. The fourth-order valence-corrected chi connectivity index (χ4v) is 2.09. The van der Waals surface area contributed by atoms with Gasteiger partial charge < -0.3 is 25.5 Å². The second-order valence-corrected chi connectivity index (χ2v) is 4.58. The molecule has 0 aliphatic carbocycles. The largest absolute Gasteiger partial charge is 0.508 e. The van der Waals surface area contributed by atoms with Crippen LogP contribution in [0.2, 0.25) is 0 Å². The number of phenolic OH excluding ortho intramolecular Hbond substituents is 4. The van der Waals surface area contributed by atoms with Crippen molar-refractivity contribution in [2.75, 3.05) is 0 Å². The standard InChI is InChI=1S/C15H16O5/c16-10-5-7-11(17)9(8-10)4-6-14(20)15-12(18)2-1-3-13(15)19/h1-3,5,7-8,14,16-20H,4,6H2. The zero-order valence-corrected chi connectivity index (χ0v) is 10.7. The first-order valence-electron chi connectivity index (χ1n) is 6.19. The fraction of sp³-hybridized carbons (Fsp3) is 0.200. The second kappa shape index (κ2) is 5.71. The van der Waals surface area contributed by atoms with Gasteiger partial charge in [0, 0.05) is 0 Å². The van der Waals surface area contributed by atoms with Gasteiger partial charge in [0.05, 0.1) is 11.7 Å². The number of aryl methyl sites for hydroxylation is 1. The van der Waals surface area contributed by atoms with Crippen LogP contribution in [0, 0.1) is 0 Å².